The molecule has 0 spiro atoms. The molecule has 5 heteroatoms. The van der Waals surface area contributed by atoms with E-state index in [0.29, 0.717) is 12.5 Å². The number of hydrogen-bond donors (Lipinski definition) is 2. The monoisotopic (exact) mass is 452 g/mol. The smallest absolute Gasteiger partial charge is 0.193 e. The van der Waals surface area contributed by atoms with Crippen LogP contribution < -0.4 is 11.1 Å². The molecule has 1 atom stereocenters. The molecule has 2 aromatic rings. The maximum Gasteiger partial charge on any atom is 0.193 e. The van der Waals surface area contributed by atoms with Gasteiger partial charge in [-0.3, -0.25) is 9.89 Å². The molecule has 0 fully saturated rings. The summed E-state index contributed by atoms with van der Waals surface area (Å²) < 4.78 is 0. The zero-order valence-electron chi connectivity index (χ0n) is 15.3. The summed E-state index contributed by atoms with van der Waals surface area (Å²) in [7, 11) is 0. The van der Waals surface area contributed by atoms with Crippen molar-refractivity contribution in [3.05, 3.63) is 65.7 Å². The Morgan fingerprint density at radius 2 is 1.76 bits per heavy atom. The zero-order chi connectivity index (χ0) is 17.4. The van der Waals surface area contributed by atoms with E-state index in [1.165, 1.54) is 11.1 Å². The highest BCUT2D eigenvalue weighted by Crippen LogP contribution is 2.20. The van der Waals surface area contributed by atoms with E-state index in [-0.39, 0.29) is 30.0 Å². The van der Waals surface area contributed by atoms with Crippen molar-refractivity contribution < 1.29 is 0 Å². The molecule has 0 amide bonds. The number of nitrogens with zero attached hydrogens (tertiary/aromatic N) is 2. The molecule has 0 aliphatic carbocycles. The molecule has 0 aliphatic heterocycles. The van der Waals surface area contributed by atoms with Crippen LogP contribution in [0.1, 0.15) is 31.0 Å². The van der Waals surface area contributed by atoms with Crippen LogP contribution in [0.4, 0.5) is 5.69 Å². The lowest BCUT2D eigenvalue weighted by Crippen LogP contribution is -2.32. The molecule has 4 nitrogen and oxygen atoms in total. The topological polar surface area (TPSA) is 53.6 Å². The molecular weight excluding hydrogens is 423 g/mol. The van der Waals surface area contributed by atoms with Crippen LogP contribution >= 0.6 is 24.0 Å². The number of halogens is 1. The fourth-order valence-corrected chi connectivity index (χ4v) is 2.87. The van der Waals surface area contributed by atoms with Crippen molar-refractivity contribution >= 4 is 35.6 Å². The van der Waals surface area contributed by atoms with Gasteiger partial charge in [0.2, 0.25) is 0 Å². The summed E-state index contributed by atoms with van der Waals surface area (Å²) in [4.78, 5) is 6.99. The third kappa shape index (κ3) is 6.66. The van der Waals surface area contributed by atoms with Gasteiger partial charge in [0, 0.05) is 5.69 Å². The van der Waals surface area contributed by atoms with Gasteiger partial charge in [-0.15, -0.1) is 24.0 Å². The number of anilines is 1. The van der Waals surface area contributed by atoms with Crippen LogP contribution in [0.3, 0.4) is 0 Å². The first-order chi connectivity index (χ1) is 11.6. The van der Waals surface area contributed by atoms with Gasteiger partial charge in [-0.2, -0.15) is 0 Å². The van der Waals surface area contributed by atoms with Crippen LogP contribution in [0.15, 0.2) is 59.6 Å². The summed E-state index contributed by atoms with van der Waals surface area (Å²) in [6.45, 7) is 9.02. The second-order valence-electron chi connectivity index (χ2n) is 5.87. The minimum atomic E-state index is 0. The minimum Gasteiger partial charge on any atom is -0.370 e. The van der Waals surface area contributed by atoms with Crippen LogP contribution in [-0.4, -0.2) is 30.5 Å². The zero-order valence-corrected chi connectivity index (χ0v) is 17.6. The van der Waals surface area contributed by atoms with Gasteiger partial charge in [-0.25, -0.2) is 0 Å². The molecule has 1 unspecified atom stereocenters. The lowest BCUT2D eigenvalue weighted by atomic mass is 10.1. The van der Waals surface area contributed by atoms with E-state index in [4.69, 9.17) is 5.73 Å². The van der Waals surface area contributed by atoms with Crippen LogP contribution in [0, 0.1) is 6.92 Å². The summed E-state index contributed by atoms with van der Waals surface area (Å²) in [6, 6.07) is 18.9. The van der Waals surface area contributed by atoms with Crippen LogP contribution in [-0.2, 0) is 0 Å². The number of aryl methyl sites for hydroxylation is 1. The average Bonchev–Trinajstić information content (AvgIpc) is 2.59. The van der Waals surface area contributed by atoms with E-state index in [9.17, 15) is 0 Å². The van der Waals surface area contributed by atoms with E-state index in [2.05, 4.69) is 72.4 Å². The summed E-state index contributed by atoms with van der Waals surface area (Å²) in [5, 5.41) is 3.17. The first kappa shape index (κ1) is 21.4. The van der Waals surface area contributed by atoms with Crippen LogP contribution in [0.2, 0.25) is 0 Å². The van der Waals surface area contributed by atoms with Crippen molar-refractivity contribution in [3.63, 3.8) is 0 Å². The molecule has 0 heterocycles. The van der Waals surface area contributed by atoms with Crippen LogP contribution in [0.25, 0.3) is 0 Å². The van der Waals surface area contributed by atoms with E-state index in [1.54, 1.807) is 0 Å². The van der Waals surface area contributed by atoms with Gasteiger partial charge >= 0.3 is 0 Å². The summed E-state index contributed by atoms with van der Waals surface area (Å²) in [5.41, 5.74) is 9.52. The minimum absolute atomic E-state index is 0. The predicted molar refractivity (Wildman–Crippen MR) is 119 cm³/mol. The molecule has 136 valence electrons. The van der Waals surface area contributed by atoms with Crippen molar-refractivity contribution in [2.75, 3.05) is 25.0 Å². The van der Waals surface area contributed by atoms with E-state index >= 15 is 0 Å². The van der Waals surface area contributed by atoms with Crippen molar-refractivity contribution in [2.45, 2.75) is 26.8 Å². The number of benzene rings is 2. The van der Waals surface area contributed by atoms with E-state index in [1.807, 2.05) is 18.2 Å². The van der Waals surface area contributed by atoms with Gasteiger partial charge in [0.1, 0.15) is 0 Å². The summed E-state index contributed by atoms with van der Waals surface area (Å²) >= 11 is 0. The highest BCUT2D eigenvalue weighted by Gasteiger charge is 2.17. The lowest BCUT2D eigenvalue weighted by molar-refractivity contribution is 0.224. The molecule has 0 radical (unpaired) electrons. The number of nitrogens with two attached hydrogens (primary N) is 1. The van der Waals surface area contributed by atoms with Crippen molar-refractivity contribution in [3.8, 4) is 0 Å². The SMILES string of the molecule is CCN(CC)C(CN=C(N)Nc1cccc(C)c1)c1ccccc1.I. The maximum absolute atomic E-state index is 6.09. The molecule has 2 rings (SSSR count). The van der Waals surface area contributed by atoms with Gasteiger partial charge in [0.15, 0.2) is 5.96 Å². The normalized spacial score (nSPS) is 12.6. The number of rotatable bonds is 7. The van der Waals surface area contributed by atoms with Gasteiger partial charge in [-0.1, -0.05) is 56.3 Å². The average molecular weight is 452 g/mol. The molecule has 3 N–H and O–H groups in total. The second-order valence-corrected chi connectivity index (χ2v) is 5.87. The molecule has 0 aromatic heterocycles. The Morgan fingerprint density at radius 1 is 1.08 bits per heavy atom. The third-order valence-corrected chi connectivity index (χ3v) is 4.16. The largest absolute Gasteiger partial charge is 0.370 e. The molecule has 0 saturated heterocycles. The molecule has 25 heavy (non-hydrogen) atoms. The Morgan fingerprint density at radius 3 is 2.36 bits per heavy atom. The summed E-state index contributed by atoms with van der Waals surface area (Å²) in [5.74, 6) is 0.452. The van der Waals surface area contributed by atoms with E-state index in [0.717, 1.165) is 18.8 Å². The molecular formula is C20H29IN4. The number of aliphatic imine (C=N–C) groups is 1. The Hall–Kier alpha value is -1.60. The van der Waals surface area contributed by atoms with Gasteiger partial charge < -0.3 is 11.1 Å². The van der Waals surface area contributed by atoms with Gasteiger partial charge in [-0.05, 0) is 43.3 Å². The molecule has 0 bridgehead atoms. The summed E-state index contributed by atoms with van der Waals surface area (Å²) in [6.07, 6.45) is 0. The fraction of sp³-hybridized carbons (Fsp3) is 0.350. The van der Waals surface area contributed by atoms with Crippen molar-refractivity contribution in [1.82, 2.24) is 4.90 Å². The first-order valence-corrected chi connectivity index (χ1v) is 8.56. The highest BCUT2D eigenvalue weighted by molar-refractivity contribution is 14.0. The number of guanidine groups is 1. The van der Waals surface area contributed by atoms with Crippen molar-refractivity contribution in [2.24, 2.45) is 10.7 Å². The van der Waals surface area contributed by atoms with Crippen LogP contribution in [0.5, 0.6) is 0 Å². The van der Waals surface area contributed by atoms with Gasteiger partial charge in [0.05, 0.1) is 12.6 Å². The number of likely N-dealkylation sites (N-methyl/N-ethyl adjacent to an activating group) is 1. The quantitative estimate of drug-likeness (QED) is 0.372. The fourth-order valence-electron chi connectivity index (χ4n) is 2.87. The maximum atomic E-state index is 6.09. The Kier molecular flexibility index (Phi) is 9.52. The highest BCUT2D eigenvalue weighted by atomic mass is 127. The second kappa shape index (κ2) is 11.1. The van der Waals surface area contributed by atoms with Gasteiger partial charge in [0.25, 0.3) is 0 Å². The third-order valence-electron chi connectivity index (χ3n) is 4.16. The standard InChI is InChI=1S/C20H28N4.HI/c1-4-24(5-2)19(17-11-7-6-8-12-17)15-22-20(21)23-18-13-9-10-16(3)14-18;/h6-14,19H,4-5,15H2,1-3H3,(H3,21,22,23);1H. The molecule has 0 aliphatic rings. The van der Waals surface area contributed by atoms with Crippen molar-refractivity contribution in [1.29, 1.82) is 0 Å². The Labute approximate surface area is 168 Å². The van der Waals surface area contributed by atoms with E-state index < -0.39 is 0 Å². The Bertz CT molecular complexity index is 654. The number of hydrogen-bond acceptors (Lipinski definition) is 2. The predicted octanol–water partition coefficient (Wildman–Crippen LogP) is 4.42. The lowest BCUT2D eigenvalue weighted by Gasteiger charge is -2.29. The Balaban J connectivity index is 0.00000312. The molecule has 2 aromatic carbocycles. The number of nitrogens with one attached hydrogen (secondary N) is 1. The first-order valence-electron chi connectivity index (χ1n) is 8.56. The molecule has 0 saturated carbocycles.